The maximum Gasteiger partial charge on any atom is 0.178 e. The van der Waals surface area contributed by atoms with Crippen LogP contribution in [0.3, 0.4) is 0 Å². The Hall–Kier alpha value is -2.16. The molecule has 0 spiro atoms. The summed E-state index contributed by atoms with van der Waals surface area (Å²) in [5.41, 5.74) is 4.58. The number of rotatable bonds is 3. The summed E-state index contributed by atoms with van der Waals surface area (Å²) in [6, 6.07) is 7.82. The van der Waals surface area contributed by atoms with Crippen molar-refractivity contribution in [1.29, 1.82) is 0 Å². The Bertz CT molecular complexity index is 633. The fourth-order valence-electron chi connectivity index (χ4n) is 2.17. The predicted octanol–water partition coefficient (Wildman–Crippen LogP) is 3.58. The summed E-state index contributed by atoms with van der Waals surface area (Å²) in [6.45, 7) is 5.51. The largest absolute Gasteiger partial charge is 0.496 e. The van der Waals surface area contributed by atoms with Crippen molar-refractivity contribution in [2.24, 2.45) is 0 Å². The van der Waals surface area contributed by atoms with Crippen molar-refractivity contribution < 1.29 is 9.53 Å². The van der Waals surface area contributed by atoms with Crippen molar-refractivity contribution in [1.82, 2.24) is 4.98 Å². The van der Waals surface area contributed by atoms with E-state index in [2.05, 4.69) is 4.98 Å². The zero-order valence-corrected chi connectivity index (χ0v) is 11.7. The van der Waals surface area contributed by atoms with Gasteiger partial charge < -0.3 is 4.74 Å². The summed E-state index contributed by atoms with van der Waals surface area (Å²) in [7, 11) is 1.67. The molecule has 1 heterocycles. The minimum Gasteiger partial charge on any atom is -0.496 e. The molecule has 0 N–H and O–H groups in total. The Kier molecular flexibility index (Phi) is 3.65. The van der Waals surface area contributed by atoms with E-state index >= 15 is 0 Å². The van der Waals surface area contributed by atoms with Gasteiger partial charge in [0.15, 0.2) is 5.78 Å². The van der Waals surface area contributed by atoms with Crippen LogP contribution in [0, 0.1) is 13.8 Å². The van der Waals surface area contributed by atoms with Crippen LogP contribution in [-0.2, 0) is 0 Å². The molecular formula is C16H17NO2. The summed E-state index contributed by atoms with van der Waals surface area (Å²) in [6.07, 6.45) is 1.74. The van der Waals surface area contributed by atoms with Crippen LogP contribution in [-0.4, -0.2) is 17.9 Å². The number of ether oxygens (including phenoxy) is 1. The van der Waals surface area contributed by atoms with Crippen LogP contribution in [0.1, 0.15) is 28.5 Å². The van der Waals surface area contributed by atoms with E-state index < -0.39 is 0 Å². The summed E-state index contributed by atoms with van der Waals surface area (Å²) >= 11 is 0. The van der Waals surface area contributed by atoms with Crippen molar-refractivity contribution in [3.8, 4) is 16.9 Å². The fourth-order valence-corrected chi connectivity index (χ4v) is 2.17. The van der Waals surface area contributed by atoms with Gasteiger partial charge in [-0.2, -0.15) is 0 Å². The maximum atomic E-state index is 11.3. The lowest BCUT2D eigenvalue weighted by molar-refractivity contribution is 0.101. The van der Waals surface area contributed by atoms with Crippen LogP contribution in [0.4, 0.5) is 0 Å². The molecule has 0 aliphatic rings. The van der Waals surface area contributed by atoms with Gasteiger partial charge in [0, 0.05) is 24.2 Å². The molecule has 1 aromatic heterocycles. The van der Waals surface area contributed by atoms with Gasteiger partial charge in [0.1, 0.15) is 11.4 Å². The highest BCUT2D eigenvalue weighted by Gasteiger charge is 2.12. The van der Waals surface area contributed by atoms with Gasteiger partial charge in [0.25, 0.3) is 0 Å². The molecule has 0 saturated heterocycles. The van der Waals surface area contributed by atoms with E-state index in [4.69, 9.17) is 4.74 Å². The summed E-state index contributed by atoms with van der Waals surface area (Å²) in [5, 5.41) is 0. The Morgan fingerprint density at radius 3 is 2.47 bits per heavy atom. The number of ketones is 1. The highest BCUT2D eigenvalue weighted by atomic mass is 16.5. The summed E-state index contributed by atoms with van der Waals surface area (Å²) in [5.74, 6) is 0.828. The lowest BCUT2D eigenvalue weighted by Gasteiger charge is -2.13. The molecule has 0 atom stereocenters. The average molecular weight is 255 g/mol. The molecule has 0 fully saturated rings. The van der Waals surface area contributed by atoms with E-state index in [1.165, 1.54) is 6.92 Å². The molecular weight excluding hydrogens is 238 g/mol. The van der Waals surface area contributed by atoms with Gasteiger partial charge in [-0.05, 0) is 31.0 Å². The number of carbonyl (C=O) groups excluding carboxylic acids is 1. The maximum absolute atomic E-state index is 11.3. The third-order valence-electron chi connectivity index (χ3n) is 3.18. The molecule has 98 valence electrons. The van der Waals surface area contributed by atoms with Crippen LogP contribution in [0.2, 0.25) is 0 Å². The summed E-state index contributed by atoms with van der Waals surface area (Å²) in [4.78, 5) is 15.6. The molecule has 3 nitrogen and oxygen atoms in total. The Morgan fingerprint density at radius 1 is 1.16 bits per heavy atom. The topological polar surface area (TPSA) is 39.2 Å². The van der Waals surface area contributed by atoms with Gasteiger partial charge in [0.05, 0.1) is 7.11 Å². The molecule has 3 heteroatoms. The highest BCUT2D eigenvalue weighted by molar-refractivity contribution is 5.93. The number of benzene rings is 1. The second-order valence-corrected chi connectivity index (χ2v) is 4.60. The normalized spacial score (nSPS) is 10.3. The number of carbonyl (C=O) groups is 1. The third-order valence-corrected chi connectivity index (χ3v) is 3.18. The summed E-state index contributed by atoms with van der Waals surface area (Å²) < 4.78 is 5.47. The van der Waals surface area contributed by atoms with Crippen molar-refractivity contribution in [2.75, 3.05) is 7.11 Å². The molecule has 2 rings (SSSR count). The molecule has 0 aliphatic heterocycles. The monoisotopic (exact) mass is 255 g/mol. The first-order valence-electron chi connectivity index (χ1n) is 6.16. The number of hydrogen-bond acceptors (Lipinski definition) is 3. The van der Waals surface area contributed by atoms with Crippen LogP contribution in [0.5, 0.6) is 5.75 Å². The predicted molar refractivity (Wildman–Crippen MR) is 75.7 cm³/mol. The van der Waals surface area contributed by atoms with E-state index in [0.717, 1.165) is 28.0 Å². The molecule has 0 amide bonds. The van der Waals surface area contributed by atoms with Gasteiger partial charge in [-0.3, -0.25) is 9.78 Å². The van der Waals surface area contributed by atoms with E-state index in [1.807, 2.05) is 38.1 Å². The van der Waals surface area contributed by atoms with E-state index in [9.17, 15) is 4.79 Å². The molecule has 1 aromatic carbocycles. The van der Waals surface area contributed by atoms with Crippen LogP contribution < -0.4 is 4.74 Å². The standard InChI is InChI=1S/C16H17NO2/c1-10-6-5-7-13(16(10)19-4)14-9-17-15(12(3)18)8-11(14)2/h5-9H,1-4H3. The molecule has 2 aromatic rings. The quantitative estimate of drug-likeness (QED) is 0.787. The first kappa shape index (κ1) is 13.3. The first-order valence-corrected chi connectivity index (χ1v) is 6.16. The lowest BCUT2D eigenvalue weighted by atomic mass is 9.99. The molecule has 0 saturated carbocycles. The second kappa shape index (κ2) is 5.22. The number of nitrogens with zero attached hydrogens (tertiary/aromatic N) is 1. The Balaban J connectivity index is 2.60. The van der Waals surface area contributed by atoms with E-state index in [-0.39, 0.29) is 5.78 Å². The van der Waals surface area contributed by atoms with Gasteiger partial charge in [-0.15, -0.1) is 0 Å². The molecule has 0 aliphatic carbocycles. The number of para-hydroxylation sites is 1. The van der Waals surface area contributed by atoms with Crippen LogP contribution >= 0.6 is 0 Å². The number of aryl methyl sites for hydroxylation is 2. The van der Waals surface area contributed by atoms with Crippen LogP contribution in [0.25, 0.3) is 11.1 Å². The smallest absolute Gasteiger partial charge is 0.178 e. The van der Waals surface area contributed by atoms with Crippen molar-refractivity contribution in [3.05, 3.63) is 47.3 Å². The molecule has 0 unspecified atom stereocenters. The number of methoxy groups -OCH3 is 1. The van der Waals surface area contributed by atoms with Gasteiger partial charge >= 0.3 is 0 Å². The third kappa shape index (κ3) is 2.50. The van der Waals surface area contributed by atoms with E-state index in [0.29, 0.717) is 5.69 Å². The second-order valence-electron chi connectivity index (χ2n) is 4.60. The fraction of sp³-hybridized carbons (Fsp3) is 0.250. The highest BCUT2D eigenvalue weighted by Crippen LogP contribution is 2.34. The number of aromatic nitrogens is 1. The SMILES string of the molecule is COc1c(C)cccc1-c1cnc(C(C)=O)cc1C. The van der Waals surface area contributed by atoms with E-state index in [1.54, 1.807) is 13.3 Å². The first-order chi connectivity index (χ1) is 9.04. The van der Waals surface area contributed by atoms with Gasteiger partial charge in [-0.1, -0.05) is 18.2 Å². The zero-order chi connectivity index (χ0) is 14.0. The van der Waals surface area contributed by atoms with Crippen molar-refractivity contribution in [2.45, 2.75) is 20.8 Å². The Morgan fingerprint density at radius 2 is 1.89 bits per heavy atom. The average Bonchev–Trinajstić information content (AvgIpc) is 2.38. The van der Waals surface area contributed by atoms with Crippen molar-refractivity contribution >= 4 is 5.78 Å². The zero-order valence-electron chi connectivity index (χ0n) is 11.7. The minimum atomic E-state index is -0.0224. The Labute approximate surface area is 113 Å². The molecule has 19 heavy (non-hydrogen) atoms. The van der Waals surface area contributed by atoms with Gasteiger partial charge in [-0.25, -0.2) is 0 Å². The lowest BCUT2D eigenvalue weighted by Crippen LogP contribution is -1.99. The molecule has 0 bridgehead atoms. The minimum absolute atomic E-state index is 0.0224. The van der Waals surface area contributed by atoms with Crippen LogP contribution in [0.15, 0.2) is 30.5 Å². The number of pyridine rings is 1. The van der Waals surface area contributed by atoms with Gasteiger partial charge in [0.2, 0.25) is 0 Å². The van der Waals surface area contributed by atoms with Crippen molar-refractivity contribution in [3.63, 3.8) is 0 Å². The number of Topliss-reactive ketones (excluding diaryl/α,β-unsaturated/α-hetero) is 1. The molecule has 0 radical (unpaired) electrons. The number of hydrogen-bond donors (Lipinski definition) is 0.